The lowest BCUT2D eigenvalue weighted by Gasteiger charge is -2.33. The Labute approximate surface area is 113 Å². The summed E-state index contributed by atoms with van der Waals surface area (Å²) in [4.78, 5) is 2.88. The van der Waals surface area contributed by atoms with Crippen molar-refractivity contribution in [2.45, 2.75) is 76.3 Å². The van der Waals surface area contributed by atoms with Gasteiger partial charge in [-0.25, -0.2) is 0 Å². The van der Waals surface area contributed by atoms with Gasteiger partial charge in [0.1, 0.15) is 0 Å². The van der Waals surface area contributed by atoms with Crippen molar-refractivity contribution in [1.29, 1.82) is 0 Å². The van der Waals surface area contributed by atoms with Gasteiger partial charge >= 0.3 is 0 Å². The Morgan fingerprint density at radius 3 is 2.17 bits per heavy atom. The van der Waals surface area contributed by atoms with Crippen LogP contribution in [0.25, 0.3) is 0 Å². The summed E-state index contributed by atoms with van der Waals surface area (Å²) < 4.78 is 0. The van der Waals surface area contributed by atoms with E-state index in [9.17, 15) is 0 Å². The molecule has 0 amide bonds. The van der Waals surface area contributed by atoms with Crippen LogP contribution in [0.15, 0.2) is 0 Å². The van der Waals surface area contributed by atoms with Crippen LogP contribution in [0.3, 0.4) is 0 Å². The number of hydrogen-bond acceptors (Lipinski definition) is 2. The molecule has 3 aliphatic rings. The van der Waals surface area contributed by atoms with Gasteiger partial charge in [0.2, 0.25) is 0 Å². The predicted molar refractivity (Wildman–Crippen MR) is 76.8 cm³/mol. The average Bonchev–Trinajstić information content (AvgIpc) is 3.11. The van der Waals surface area contributed by atoms with E-state index in [1.54, 1.807) is 0 Å². The van der Waals surface area contributed by atoms with Crippen molar-refractivity contribution >= 4 is 0 Å². The van der Waals surface area contributed by atoms with Crippen LogP contribution in [0.1, 0.15) is 64.2 Å². The van der Waals surface area contributed by atoms with Gasteiger partial charge in [0.25, 0.3) is 0 Å². The first-order chi connectivity index (χ1) is 8.92. The maximum absolute atomic E-state index is 3.69. The van der Waals surface area contributed by atoms with Crippen LogP contribution in [0.5, 0.6) is 0 Å². The van der Waals surface area contributed by atoms with E-state index < -0.39 is 0 Å². The normalized spacial score (nSPS) is 30.8. The van der Waals surface area contributed by atoms with E-state index in [0.717, 1.165) is 18.0 Å². The Hall–Kier alpha value is -0.0800. The van der Waals surface area contributed by atoms with Crippen molar-refractivity contribution in [3.8, 4) is 0 Å². The molecule has 1 unspecified atom stereocenters. The summed E-state index contributed by atoms with van der Waals surface area (Å²) in [5.41, 5.74) is 0. The van der Waals surface area contributed by atoms with Crippen molar-refractivity contribution in [3.05, 3.63) is 0 Å². The molecule has 2 aliphatic carbocycles. The molecule has 1 heterocycles. The molecule has 104 valence electrons. The van der Waals surface area contributed by atoms with Crippen LogP contribution < -0.4 is 5.32 Å². The van der Waals surface area contributed by atoms with Crippen molar-refractivity contribution in [3.63, 3.8) is 0 Å². The second-order valence-electron chi connectivity index (χ2n) is 6.84. The summed E-state index contributed by atoms with van der Waals surface area (Å²) in [6, 6.07) is 1.71. The van der Waals surface area contributed by atoms with E-state index in [2.05, 4.69) is 10.2 Å². The topological polar surface area (TPSA) is 15.3 Å². The highest BCUT2D eigenvalue weighted by atomic mass is 15.2. The number of hydrogen-bond donors (Lipinski definition) is 1. The minimum Gasteiger partial charge on any atom is -0.313 e. The molecule has 2 nitrogen and oxygen atoms in total. The first kappa shape index (κ1) is 12.9. The SMILES string of the molecule is C1CCCC(N(CC2CC2)CC2CCCN2)CC1. The van der Waals surface area contributed by atoms with E-state index >= 15 is 0 Å². The zero-order chi connectivity index (χ0) is 12.2. The van der Waals surface area contributed by atoms with E-state index in [4.69, 9.17) is 0 Å². The van der Waals surface area contributed by atoms with Gasteiger partial charge in [-0.2, -0.15) is 0 Å². The molecule has 18 heavy (non-hydrogen) atoms. The van der Waals surface area contributed by atoms with Gasteiger partial charge in [-0.1, -0.05) is 25.7 Å². The van der Waals surface area contributed by atoms with Crippen LogP contribution in [0.2, 0.25) is 0 Å². The summed E-state index contributed by atoms with van der Waals surface area (Å²) in [6.45, 7) is 4.00. The van der Waals surface area contributed by atoms with Gasteiger partial charge in [0.15, 0.2) is 0 Å². The van der Waals surface area contributed by atoms with Gasteiger partial charge in [0, 0.05) is 25.2 Å². The Balaban J connectivity index is 1.55. The second-order valence-corrected chi connectivity index (χ2v) is 6.84. The molecule has 3 fully saturated rings. The summed E-state index contributed by atoms with van der Waals surface area (Å²) in [7, 11) is 0. The summed E-state index contributed by atoms with van der Waals surface area (Å²) in [6.07, 6.45) is 14.7. The molecule has 1 aliphatic heterocycles. The number of nitrogens with one attached hydrogen (secondary N) is 1. The summed E-state index contributed by atoms with van der Waals surface area (Å²) in [5.74, 6) is 1.05. The molecule has 0 aromatic heterocycles. The third-order valence-electron chi connectivity index (χ3n) is 5.15. The summed E-state index contributed by atoms with van der Waals surface area (Å²) >= 11 is 0. The Morgan fingerprint density at radius 2 is 1.56 bits per heavy atom. The van der Waals surface area contributed by atoms with Crippen LogP contribution in [-0.4, -0.2) is 36.6 Å². The smallest absolute Gasteiger partial charge is 0.0195 e. The van der Waals surface area contributed by atoms with Crippen LogP contribution in [0.4, 0.5) is 0 Å². The van der Waals surface area contributed by atoms with Gasteiger partial charge in [-0.15, -0.1) is 0 Å². The molecule has 1 N–H and O–H groups in total. The van der Waals surface area contributed by atoms with Gasteiger partial charge in [0.05, 0.1) is 0 Å². The molecule has 0 spiro atoms. The Morgan fingerprint density at radius 1 is 0.778 bits per heavy atom. The number of nitrogens with zero attached hydrogens (tertiary/aromatic N) is 1. The Bertz CT molecular complexity index is 235. The molecule has 0 radical (unpaired) electrons. The average molecular weight is 250 g/mol. The number of rotatable bonds is 5. The largest absolute Gasteiger partial charge is 0.313 e. The van der Waals surface area contributed by atoms with E-state index in [-0.39, 0.29) is 0 Å². The first-order valence-corrected chi connectivity index (χ1v) is 8.39. The second kappa shape index (κ2) is 6.38. The van der Waals surface area contributed by atoms with Gasteiger partial charge in [-0.3, -0.25) is 4.90 Å². The van der Waals surface area contributed by atoms with Gasteiger partial charge < -0.3 is 5.32 Å². The highest BCUT2D eigenvalue weighted by Gasteiger charge is 2.30. The molecular formula is C16H30N2. The van der Waals surface area contributed by atoms with Crippen molar-refractivity contribution in [2.24, 2.45) is 5.92 Å². The molecule has 0 aromatic carbocycles. The lowest BCUT2D eigenvalue weighted by molar-refractivity contribution is 0.157. The van der Waals surface area contributed by atoms with E-state index in [1.807, 2.05) is 0 Å². The first-order valence-electron chi connectivity index (χ1n) is 8.39. The zero-order valence-electron chi connectivity index (χ0n) is 11.9. The molecule has 1 atom stereocenters. The minimum absolute atomic E-state index is 0.798. The molecule has 0 aromatic rings. The van der Waals surface area contributed by atoms with E-state index in [0.29, 0.717) is 0 Å². The van der Waals surface area contributed by atoms with Crippen LogP contribution in [0, 0.1) is 5.92 Å². The fourth-order valence-electron chi connectivity index (χ4n) is 3.82. The summed E-state index contributed by atoms with van der Waals surface area (Å²) in [5, 5.41) is 3.69. The lowest BCUT2D eigenvalue weighted by Crippen LogP contribution is -2.44. The Kier molecular flexibility index (Phi) is 4.58. The molecule has 3 rings (SSSR count). The highest BCUT2D eigenvalue weighted by Crippen LogP contribution is 2.32. The van der Waals surface area contributed by atoms with Crippen molar-refractivity contribution in [2.75, 3.05) is 19.6 Å². The molecule has 0 bridgehead atoms. The van der Waals surface area contributed by atoms with Crippen LogP contribution >= 0.6 is 0 Å². The maximum Gasteiger partial charge on any atom is 0.0195 e. The fourth-order valence-corrected chi connectivity index (χ4v) is 3.82. The monoisotopic (exact) mass is 250 g/mol. The van der Waals surface area contributed by atoms with Crippen LogP contribution in [-0.2, 0) is 0 Å². The molecular weight excluding hydrogens is 220 g/mol. The quantitative estimate of drug-likeness (QED) is 0.754. The van der Waals surface area contributed by atoms with Crippen molar-refractivity contribution < 1.29 is 0 Å². The predicted octanol–water partition coefficient (Wildman–Crippen LogP) is 3.17. The van der Waals surface area contributed by atoms with E-state index in [1.165, 1.54) is 83.8 Å². The fraction of sp³-hybridized carbons (Fsp3) is 1.00. The molecule has 2 heteroatoms. The third kappa shape index (κ3) is 3.71. The van der Waals surface area contributed by atoms with Crippen molar-refractivity contribution in [1.82, 2.24) is 10.2 Å². The third-order valence-corrected chi connectivity index (χ3v) is 5.15. The highest BCUT2D eigenvalue weighted by molar-refractivity contribution is 4.86. The zero-order valence-corrected chi connectivity index (χ0v) is 11.9. The minimum atomic E-state index is 0.798. The van der Waals surface area contributed by atoms with Gasteiger partial charge in [-0.05, 0) is 51.0 Å². The lowest BCUT2D eigenvalue weighted by atomic mass is 10.0. The maximum atomic E-state index is 3.69. The standard InChI is InChI=1S/C16H30N2/c1-2-4-8-16(7-3-1)18(12-14-9-10-14)13-15-6-5-11-17-15/h14-17H,1-13H2. The molecule has 1 saturated heterocycles. The molecule has 2 saturated carbocycles.